The maximum absolute atomic E-state index is 12.4. The molecule has 0 saturated carbocycles. The summed E-state index contributed by atoms with van der Waals surface area (Å²) in [7, 11) is -3.72. The monoisotopic (exact) mass is 386 g/mol. The summed E-state index contributed by atoms with van der Waals surface area (Å²) in [4.78, 5) is 25.8. The smallest absolute Gasteiger partial charge is 0.261 e. The van der Waals surface area contributed by atoms with Crippen LogP contribution in [0.4, 0.5) is 0 Å². The second-order valence-corrected chi connectivity index (χ2v) is 9.25. The Hall–Kier alpha value is -2.51. The average molecular weight is 386 g/mol. The first-order valence-electron chi connectivity index (χ1n) is 8.67. The van der Waals surface area contributed by atoms with E-state index in [2.05, 4.69) is 25.5 Å². The van der Waals surface area contributed by atoms with Crippen LogP contribution in [-0.2, 0) is 15.4 Å². The van der Waals surface area contributed by atoms with Crippen LogP contribution < -0.4 is 4.72 Å². The van der Waals surface area contributed by atoms with E-state index in [9.17, 15) is 18.0 Å². The minimum Gasteiger partial charge on any atom is -0.273 e. The van der Waals surface area contributed by atoms with Crippen LogP contribution in [0.3, 0.4) is 0 Å². The number of rotatable bonds is 5. The first-order chi connectivity index (χ1) is 12.6. The zero-order valence-electron chi connectivity index (χ0n) is 15.5. The number of fused-ring (bicyclic) bond motifs is 1. The van der Waals surface area contributed by atoms with Gasteiger partial charge in [0.15, 0.2) is 0 Å². The Bertz CT molecular complexity index is 954. The molecule has 0 fully saturated rings. The lowest BCUT2D eigenvalue weighted by Gasteiger charge is -2.19. The van der Waals surface area contributed by atoms with Crippen molar-refractivity contribution in [3.8, 4) is 0 Å². The summed E-state index contributed by atoms with van der Waals surface area (Å²) in [6, 6.07) is 13.3. The number of carbonyl (C=O) groups excluding carboxylic acids is 2. The van der Waals surface area contributed by atoms with Crippen molar-refractivity contribution in [2.75, 3.05) is 13.1 Å². The molecule has 0 spiro atoms. The van der Waals surface area contributed by atoms with Crippen LogP contribution in [0.5, 0.6) is 0 Å². The number of amides is 2. The van der Waals surface area contributed by atoms with Crippen molar-refractivity contribution in [3.63, 3.8) is 0 Å². The van der Waals surface area contributed by atoms with Gasteiger partial charge in [-0.05, 0) is 35.2 Å². The third kappa shape index (κ3) is 3.79. The molecule has 1 aliphatic heterocycles. The number of hydrogen-bond acceptors (Lipinski definition) is 4. The van der Waals surface area contributed by atoms with Crippen LogP contribution in [0.15, 0.2) is 53.4 Å². The maximum Gasteiger partial charge on any atom is 0.261 e. The van der Waals surface area contributed by atoms with Crippen LogP contribution in [0.25, 0.3) is 0 Å². The molecule has 142 valence electrons. The molecule has 2 aromatic carbocycles. The van der Waals surface area contributed by atoms with Gasteiger partial charge in [0.2, 0.25) is 10.0 Å². The second kappa shape index (κ2) is 6.90. The summed E-state index contributed by atoms with van der Waals surface area (Å²) in [6.07, 6.45) is 0. The molecule has 7 heteroatoms. The predicted octanol–water partition coefficient (Wildman–Crippen LogP) is 2.56. The molecule has 0 aliphatic carbocycles. The summed E-state index contributed by atoms with van der Waals surface area (Å²) >= 11 is 0. The summed E-state index contributed by atoms with van der Waals surface area (Å²) in [5.41, 5.74) is 1.67. The summed E-state index contributed by atoms with van der Waals surface area (Å²) < 4.78 is 27.4. The molecule has 0 aromatic heterocycles. The Kier molecular flexibility index (Phi) is 4.92. The van der Waals surface area contributed by atoms with Crippen LogP contribution in [0.1, 0.15) is 47.1 Å². The Morgan fingerprint density at radius 3 is 1.89 bits per heavy atom. The highest BCUT2D eigenvalue weighted by molar-refractivity contribution is 7.89. The minimum atomic E-state index is -3.72. The summed E-state index contributed by atoms with van der Waals surface area (Å²) in [5, 5.41) is 0. The van der Waals surface area contributed by atoms with Gasteiger partial charge in [0.25, 0.3) is 11.8 Å². The SMILES string of the molecule is CC(C)(C)c1ccc(S(=O)(=O)NCCN2C(=O)c3ccccc3C2=O)cc1. The molecule has 3 rings (SSSR count). The standard InChI is InChI=1S/C20H22N2O4S/c1-20(2,3)14-8-10-15(11-9-14)27(25,26)21-12-13-22-18(23)16-6-4-5-7-17(16)19(22)24/h4-11,21H,12-13H2,1-3H3. The number of nitrogens with zero attached hydrogens (tertiary/aromatic N) is 1. The van der Waals surface area contributed by atoms with Crippen LogP contribution in [-0.4, -0.2) is 38.2 Å². The van der Waals surface area contributed by atoms with Gasteiger partial charge in [-0.2, -0.15) is 0 Å². The summed E-state index contributed by atoms with van der Waals surface area (Å²) in [6.45, 7) is 6.09. The van der Waals surface area contributed by atoms with E-state index in [1.54, 1.807) is 48.5 Å². The Morgan fingerprint density at radius 2 is 1.41 bits per heavy atom. The van der Waals surface area contributed by atoms with E-state index in [1.807, 2.05) is 0 Å². The Balaban J connectivity index is 1.65. The number of nitrogens with one attached hydrogen (secondary N) is 1. The van der Waals surface area contributed by atoms with E-state index >= 15 is 0 Å². The highest BCUT2D eigenvalue weighted by Crippen LogP contribution is 2.24. The fourth-order valence-corrected chi connectivity index (χ4v) is 3.97. The molecule has 0 atom stereocenters. The lowest BCUT2D eigenvalue weighted by molar-refractivity contribution is 0.0657. The highest BCUT2D eigenvalue weighted by atomic mass is 32.2. The number of carbonyl (C=O) groups is 2. The minimum absolute atomic E-state index is 0.0222. The van der Waals surface area contributed by atoms with Crippen molar-refractivity contribution in [1.82, 2.24) is 9.62 Å². The molecule has 27 heavy (non-hydrogen) atoms. The van der Waals surface area contributed by atoms with Gasteiger partial charge in [-0.15, -0.1) is 0 Å². The van der Waals surface area contributed by atoms with Gasteiger partial charge in [-0.3, -0.25) is 14.5 Å². The van der Waals surface area contributed by atoms with Crippen LogP contribution >= 0.6 is 0 Å². The van der Waals surface area contributed by atoms with Crippen molar-refractivity contribution < 1.29 is 18.0 Å². The lowest BCUT2D eigenvalue weighted by Crippen LogP contribution is -2.38. The molecule has 0 saturated heterocycles. The van der Waals surface area contributed by atoms with Crippen molar-refractivity contribution in [2.45, 2.75) is 31.1 Å². The maximum atomic E-state index is 12.4. The third-order valence-electron chi connectivity index (χ3n) is 4.54. The van der Waals surface area contributed by atoms with Gasteiger partial charge >= 0.3 is 0 Å². The van der Waals surface area contributed by atoms with Crippen molar-refractivity contribution in [1.29, 1.82) is 0 Å². The van der Waals surface area contributed by atoms with Crippen molar-refractivity contribution >= 4 is 21.8 Å². The number of hydrogen-bond donors (Lipinski definition) is 1. The molecule has 0 unspecified atom stereocenters. The van der Waals surface area contributed by atoms with Gasteiger partial charge in [-0.25, -0.2) is 13.1 Å². The van der Waals surface area contributed by atoms with Gasteiger partial charge in [0.05, 0.1) is 16.0 Å². The largest absolute Gasteiger partial charge is 0.273 e. The van der Waals surface area contributed by atoms with E-state index in [0.717, 1.165) is 10.5 Å². The highest BCUT2D eigenvalue weighted by Gasteiger charge is 2.34. The molecule has 0 bridgehead atoms. The van der Waals surface area contributed by atoms with E-state index < -0.39 is 21.8 Å². The van der Waals surface area contributed by atoms with Crippen LogP contribution in [0, 0.1) is 0 Å². The molecule has 0 radical (unpaired) electrons. The van der Waals surface area contributed by atoms with Gasteiger partial charge < -0.3 is 0 Å². The van der Waals surface area contributed by atoms with Crippen LogP contribution in [0.2, 0.25) is 0 Å². The Morgan fingerprint density at radius 1 is 0.889 bits per heavy atom. The van der Waals surface area contributed by atoms with E-state index in [0.29, 0.717) is 11.1 Å². The first kappa shape index (κ1) is 19.3. The zero-order valence-corrected chi connectivity index (χ0v) is 16.3. The van der Waals surface area contributed by atoms with Gasteiger partial charge in [-0.1, -0.05) is 45.0 Å². The van der Waals surface area contributed by atoms with Crippen molar-refractivity contribution in [3.05, 3.63) is 65.2 Å². The normalized spacial score (nSPS) is 14.6. The quantitative estimate of drug-likeness (QED) is 0.801. The Labute approximate surface area is 159 Å². The number of benzene rings is 2. The van der Waals surface area contributed by atoms with E-state index in [-0.39, 0.29) is 23.4 Å². The van der Waals surface area contributed by atoms with Gasteiger partial charge in [0.1, 0.15) is 0 Å². The fourth-order valence-electron chi connectivity index (χ4n) is 2.95. The predicted molar refractivity (Wildman–Crippen MR) is 102 cm³/mol. The molecular formula is C20H22N2O4S. The van der Waals surface area contributed by atoms with E-state index in [4.69, 9.17) is 0 Å². The molecule has 2 amide bonds. The first-order valence-corrected chi connectivity index (χ1v) is 10.1. The number of imide groups is 1. The lowest BCUT2D eigenvalue weighted by atomic mass is 9.87. The molecule has 1 N–H and O–H groups in total. The number of sulfonamides is 1. The third-order valence-corrected chi connectivity index (χ3v) is 6.01. The molecule has 1 heterocycles. The topological polar surface area (TPSA) is 83.6 Å². The van der Waals surface area contributed by atoms with E-state index in [1.165, 1.54) is 0 Å². The molecule has 1 aliphatic rings. The molecular weight excluding hydrogens is 364 g/mol. The molecule has 2 aromatic rings. The fraction of sp³-hybridized carbons (Fsp3) is 0.300. The zero-order chi connectivity index (χ0) is 19.8. The molecule has 6 nitrogen and oxygen atoms in total. The average Bonchev–Trinajstić information content (AvgIpc) is 2.86. The second-order valence-electron chi connectivity index (χ2n) is 7.48. The van der Waals surface area contributed by atoms with Gasteiger partial charge in [0, 0.05) is 13.1 Å². The van der Waals surface area contributed by atoms with Crippen molar-refractivity contribution in [2.24, 2.45) is 0 Å². The summed E-state index contributed by atoms with van der Waals surface area (Å²) in [5.74, 6) is -0.798.